The summed E-state index contributed by atoms with van der Waals surface area (Å²) in [5.41, 5.74) is 2.52. The van der Waals surface area contributed by atoms with Crippen molar-refractivity contribution < 1.29 is 19.4 Å². The maximum Gasteiger partial charge on any atom is 0.317 e. The predicted octanol–water partition coefficient (Wildman–Crippen LogP) is 3.80. The van der Waals surface area contributed by atoms with E-state index in [9.17, 15) is 4.79 Å². The van der Waals surface area contributed by atoms with E-state index in [1.165, 1.54) is 0 Å². The van der Waals surface area contributed by atoms with E-state index in [1.54, 1.807) is 18.5 Å². The van der Waals surface area contributed by atoms with Crippen molar-refractivity contribution in [1.29, 1.82) is 0 Å². The average Bonchev–Trinajstić information content (AvgIpc) is 2.96. The van der Waals surface area contributed by atoms with Crippen molar-refractivity contribution in [2.45, 2.75) is 31.5 Å². The topological polar surface area (TPSA) is 116 Å². The van der Waals surface area contributed by atoms with E-state index < -0.39 is 5.97 Å². The first-order valence-electron chi connectivity index (χ1n) is 14.6. The monoisotopic (exact) mass is 627 g/mol. The van der Waals surface area contributed by atoms with Gasteiger partial charge in [0.25, 0.3) is 0 Å². The van der Waals surface area contributed by atoms with Gasteiger partial charge in [-0.15, -0.1) is 0 Å². The molecule has 2 N–H and O–H groups in total. The molecular weight excluding hydrogens is 593 g/mol. The molecule has 0 saturated carbocycles. The Morgan fingerprint density at radius 2 is 1.67 bits per heavy atom. The second-order valence-electron chi connectivity index (χ2n) is 11.2. The number of carboxylic acids is 1. The van der Waals surface area contributed by atoms with Gasteiger partial charge in [0.2, 0.25) is 11.8 Å². The highest BCUT2D eigenvalue weighted by molar-refractivity contribution is 6.35. The number of hydrogen-bond donors (Lipinski definition) is 2. The summed E-state index contributed by atoms with van der Waals surface area (Å²) in [4.78, 5) is 31.9. The molecule has 3 aromatic rings. The third-order valence-corrected chi connectivity index (χ3v) is 8.56. The number of rotatable bonds is 10. The van der Waals surface area contributed by atoms with Gasteiger partial charge in [0.05, 0.1) is 43.9 Å². The van der Waals surface area contributed by atoms with E-state index in [1.807, 2.05) is 24.3 Å². The van der Waals surface area contributed by atoms with Gasteiger partial charge >= 0.3 is 5.97 Å². The number of carboxylic acid groups (broad SMARTS) is 1. The molecule has 6 rings (SSSR count). The first-order valence-corrected chi connectivity index (χ1v) is 15.3. The van der Waals surface area contributed by atoms with Gasteiger partial charge < -0.3 is 24.8 Å². The molecule has 3 aliphatic heterocycles. The molecule has 0 atom stereocenters. The molecule has 0 aliphatic carbocycles. The quantitative estimate of drug-likeness (QED) is 0.342. The zero-order valence-corrected chi connectivity index (χ0v) is 25.3. The van der Waals surface area contributed by atoms with Crippen molar-refractivity contribution >= 4 is 35.1 Å². The minimum absolute atomic E-state index is 0.0150. The Balaban J connectivity index is 1.15. The maximum absolute atomic E-state index is 10.9. The van der Waals surface area contributed by atoms with Crippen LogP contribution in [0.3, 0.4) is 0 Å². The number of benzene rings is 1. The van der Waals surface area contributed by atoms with E-state index in [-0.39, 0.29) is 12.6 Å². The fourth-order valence-corrected chi connectivity index (χ4v) is 6.23. The summed E-state index contributed by atoms with van der Waals surface area (Å²) >= 11 is 12.6. The van der Waals surface area contributed by atoms with Crippen molar-refractivity contribution in [1.82, 2.24) is 30.1 Å². The number of nitrogens with one attached hydrogen (secondary N) is 1. The second kappa shape index (κ2) is 13.7. The Bertz CT molecular complexity index is 1390. The molecule has 3 saturated heterocycles. The average molecular weight is 629 g/mol. The number of ether oxygens (including phenoxy) is 2. The minimum Gasteiger partial charge on any atom is -0.480 e. The standard InChI is InChI=1S/C30H35Cl2N7O4/c31-22-11-21(12-23(32)13-22)27-9-20(17-37-3-1-24(2-4-37)33-16-29(40)41)10-28(36-27)43-26-14-34-30(35-15-26)39-7-5-38(6-8-39)25-18-42-19-25/h9-15,24-25,33H,1-8,16-19H2,(H,40,41). The highest BCUT2D eigenvalue weighted by atomic mass is 35.5. The van der Waals surface area contributed by atoms with Crippen LogP contribution >= 0.6 is 23.2 Å². The molecular formula is C30H35Cl2N7O4. The number of piperazine rings is 1. The molecule has 0 spiro atoms. The van der Waals surface area contributed by atoms with Crippen LogP contribution in [-0.2, 0) is 16.1 Å². The lowest BCUT2D eigenvalue weighted by atomic mass is 10.0. The molecule has 0 bridgehead atoms. The molecule has 0 radical (unpaired) electrons. The Morgan fingerprint density at radius 1 is 0.977 bits per heavy atom. The summed E-state index contributed by atoms with van der Waals surface area (Å²) in [5.74, 6) is 0.779. The summed E-state index contributed by atoms with van der Waals surface area (Å²) in [6.45, 7) is 7.73. The van der Waals surface area contributed by atoms with E-state index in [0.717, 1.165) is 76.5 Å². The molecule has 11 nitrogen and oxygen atoms in total. The van der Waals surface area contributed by atoms with Gasteiger partial charge in [0.1, 0.15) is 0 Å². The lowest BCUT2D eigenvalue weighted by molar-refractivity contribution is -0.136. The molecule has 0 amide bonds. The lowest BCUT2D eigenvalue weighted by Crippen LogP contribution is -2.56. The molecule has 3 fully saturated rings. The van der Waals surface area contributed by atoms with Gasteiger partial charge in [-0.05, 0) is 55.8 Å². The lowest BCUT2D eigenvalue weighted by Gasteiger charge is -2.42. The van der Waals surface area contributed by atoms with Crippen molar-refractivity contribution in [3.05, 3.63) is 58.3 Å². The first kappa shape index (κ1) is 30.0. The van der Waals surface area contributed by atoms with Gasteiger partial charge in [0.15, 0.2) is 5.75 Å². The predicted molar refractivity (Wildman–Crippen MR) is 164 cm³/mol. The smallest absolute Gasteiger partial charge is 0.317 e. The number of aromatic nitrogens is 3. The van der Waals surface area contributed by atoms with E-state index in [2.05, 4.69) is 30.0 Å². The summed E-state index contributed by atoms with van der Waals surface area (Å²) in [6.07, 6.45) is 5.14. The first-order chi connectivity index (χ1) is 20.9. The van der Waals surface area contributed by atoms with E-state index in [0.29, 0.717) is 45.9 Å². The van der Waals surface area contributed by atoms with Crippen LogP contribution in [0.4, 0.5) is 5.95 Å². The molecule has 0 unspecified atom stereocenters. The normalized spacial score (nSPS) is 18.9. The van der Waals surface area contributed by atoms with Crippen LogP contribution in [0.2, 0.25) is 10.0 Å². The minimum atomic E-state index is -0.835. The third kappa shape index (κ3) is 7.91. The largest absolute Gasteiger partial charge is 0.480 e. The van der Waals surface area contributed by atoms with Crippen LogP contribution in [0.25, 0.3) is 11.3 Å². The van der Waals surface area contributed by atoms with E-state index >= 15 is 0 Å². The molecule has 5 heterocycles. The number of piperidine rings is 1. The fourth-order valence-electron chi connectivity index (χ4n) is 5.70. The fraction of sp³-hybridized carbons (Fsp3) is 0.467. The van der Waals surface area contributed by atoms with Crippen LogP contribution < -0.4 is 15.0 Å². The number of hydrogen-bond acceptors (Lipinski definition) is 10. The third-order valence-electron chi connectivity index (χ3n) is 8.13. The Hall–Kier alpha value is -3.06. The van der Waals surface area contributed by atoms with E-state index in [4.69, 9.17) is 42.8 Å². The van der Waals surface area contributed by atoms with Crippen LogP contribution in [0.1, 0.15) is 18.4 Å². The number of anilines is 1. The number of carbonyl (C=O) groups is 1. The highest BCUT2D eigenvalue weighted by Gasteiger charge is 2.29. The number of pyridine rings is 1. The molecule has 13 heteroatoms. The van der Waals surface area contributed by atoms with Gasteiger partial charge in [-0.1, -0.05) is 23.2 Å². The zero-order chi connectivity index (χ0) is 29.8. The number of halogens is 2. The maximum atomic E-state index is 10.9. The second-order valence-corrected chi connectivity index (χ2v) is 12.1. The van der Waals surface area contributed by atoms with Crippen LogP contribution in [0.15, 0.2) is 42.7 Å². The van der Waals surface area contributed by atoms with Crippen molar-refractivity contribution in [3.8, 4) is 22.9 Å². The zero-order valence-electron chi connectivity index (χ0n) is 23.8. The number of likely N-dealkylation sites (tertiary alicyclic amines) is 1. The molecule has 43 heavy (non-hydrogen) atoms. The SMILES string of the molecule is O=C(O)CNC1CCN(Cc2cc(Oc3cnc(N4CCN(C5COC5)CC4)nc3)nc(-c3cc(Cl)cc(Cl)c3)c2)CC1. The van der Waals surface area contributed by atoms with Gasteiger partial charge in [-0.3, -0.25) is 14.6 Å². The Labute approximate surface area is 260 Å². The molecule has 1 aromatic carbocycles. The summed E-state index contributed by atoms with van der Waals surface area (Å²) < 4.78 is 11.5. The molecule has 3 aliphatic rings. The molecule has 2 aromatic heterocycles. The summed E-state index contributed by atoms with van der Waals surface area (Å²) in [5, 5.41) is 13.1. The van der Waals surface area contributed by atoms with Crippen molar-refractivity contribution in [2.24, 2.45) is 0 Å². The Morgan fingerprint density at radius 3 is 2.30 bits per heavy atom. The number of aliphatic carboxylic acids is 1. The van der Waals surface area contributed by atoms with Gasteiger partial charge in [-0.2, -0.15) is 0 Å². The van der Waals surface area contributed by atoms with Crippen molar-refractivity contribution in [3.63, 3.8) is 0 Å². The van der Waals surface area contributed by atoms with Crippen LogP contribution in [0.5, 0.6) is 11.6 Å². The van der Waals surface area contributed by atoms with Crippen LogP contribution in [-0.4, -0.2) is 107 Å². The highest BCUT2D eigenvalue weighted by Crippen LogP contribution is 2.31. The summed E-state index contributed by atoms with van der Waals surface area (Å²) in [7, 11) is 0. The molecule has 228 valence electrons. The van der Waals surface area contributed by atoms with Crippen molar-refractivity contribution in [2.75, 3.05) is 63.9 Å². The Kier molecular flexibility index (Phi) is 9.56. The van der Waals surface area contributed by atoms with Gasteiger partial charge in [0, 0.05) is 60.4 Å². The summed E-state index contributed by atoms with van der Waals surface area (Å²) in [6, 6.07) is 10.1. The van der Waals surface area contributed by atoms with Gasteiger partial charge in [-0.25, -0.2) is 15.0 Å². The van der Waals surface area contributed by atoms with Crippen LogP contribution in [0, 0.1) is 0 Å². The number of nitrogens with zero attached hydrogens (tertiary/aromatic N) is 6.